The monoisotopic (exact) mass is 274 g/mol. The zero-order chi connectivity index (χ0) is 14.7. The number of rotatable bonds is 4. The molecule has 7 heteroatoms. The first-order chi connectivity index (χ1) is 9.47. The zero-order valence-corrected chi connectivity index (χ0v) is 10.4. The highest BCUT2D eigenvalue weighted by molar-refractivity contribution is 5.90. The summed E-state index contributed by atoms with van der Waals surface area (Å²) in [5.74, 6) is -0.756. The molecule has 20 heavy (non-hydrogen) atoms. The number of carboxylic acids is 1. The quantitative estimate of drug-likeness (QED) is 0.679. The predicted molar refractivity (Wildman–Crippen MR) is 69.1 cm³/mol. The number of nitro benzene ring substituents is 1. The molecule has 0 saturated carbocycles. The molecule has 0 fully saturated rings. The summed E-state index contributed by atoms with van der Waals surface area (Å²) in [7, 11) is 0. The molecule has 0 bridgehead atoms. The largest absolute Gasteiger partial charge is 0.478 e. The van der Waals surface area contributed by atoms with Crippen LogP contribution in [0.5, 0.6) is 11.5 Å². The van der Waals surface area contributed by atoms with Crippen LogP contribution in [0.15, 0.2) is 36.5 Å². The normalized spacial score (nSPS) is 10.1. The Bertz CT molecular complexity index is 667. The summed E-state index contributed by atoms with van der Waals surface area (Å²) in [6.07, 6.45) is 1.31. The van der Waals surface area contributed by atoms with Crippen molar-refractivity contribution in [1.82, 2.24) is 4.98 Å². The molecular formula is C13H10N2O5. The van der Waals surface area contributed by atoms with Crippen LogP contribution in [0.2, 0.25) is 0 Å². The molecule has 0 aliphatic rings. The minimum absolute atomic E-state index is 0.0177. The van der Waals surface area contributed by atoms with Crippen molar-refractivity contribution in [3.63, 3.8) is 0 Å². The molecule has 7 nitrogen and oxygen atoms in total. The number of hydrogen-bond acceptors (Lipinski definition) is 5. The first-order valence-electron chi connectivity index (χ1n) is 5.59. The van der Waals surface area contributed by atoms with Gasteiger partial charge in [-0.2, -0.15) is 0 Å². The maximum absolute atomic E-state index is 11.1. The summed E-state index contributed by atoms with van der Waals surface area (Å²) in [5.41, 5.74) is 0.465. The Labute approximate surface area is 113 Å². The van der Waals surface area contributed by atoms with Gasteiger partial charge in [-0.15, -0.1) is 0 Å². The standard InChI is InChI=1S/C13H10N2O5/c1-8-6-11(13(16)17)12(7-14-8)20-10-4-2-9(3-5-10)15(18)19/h2-7H,1H3,(H,16,17). The summed E-state index contributed by atoms with van der Waals surface area (Å²) in [4.78, 5) is 25.1. The van der Waals surface area contributed by atoms with Crippen molar-refractivity contribution in [3.05, 3.63) is 57.9 Å². The van der Waals surface area contributed by atoms with Crippen LogP contribution in [-0.2, 0) is 0 Å². The lowest BCUT2D eigenvalue weighted by Crippen LogP contribution is -2.02. The van der Waals surface area contributed by atoms with E-state index >= 15 is 0 Å². The smallest absolute Gasteiger partial charge is 0.339 e. The molecule has 2 rings (SSSR count). The molecule has 0 atom stereocenters. The average molecular weight is 274 g/mol. The van der Waals surface area contributed by atoms with E-state index in [4.69, 9.17) is 9.84 Å². The van der Waals surface area contributed by atoms with Gasteiger partial charge < -0.3 is 9.84 Å². The number of carboxylic acid groups (broad SMARTS) is 1. The minimum atomic E-state index is -1.13. The average Bonchev–Trinajstić information content (AvgIpc) is 2.41. The van der Waals surface area contributed by atoms with E-state index in [-0.39, 0.29) is 17.0 Å². The molecule has 0 saturated heterocycles. The number of ether oxygens (including phenoxy) is 1. The Morgan fingerprint density at radius 2 is 2.00 bits per heavy atom. The lowest BCUT2D eigenvalue weighted by atomic mass is 10.2. The number of non-ortho nitro benzene ring substituents is 1. The number of nitrogens with zero attached hydrogens (tertiary/aromatic N) is 2. The molecule has 2 aromatic rings. The van der Waals surface area contributed by atoms with Gasteiger partial charge in [-0.05, 0) is 25.1 Å². The number of aromatic carboxylic acids is 1. The highest BCUT2D eigenvalue weighted by Crippen LogP contribution is 2.26. The van der Waals surface area contributed by atoms with Gasteiger partial charge in [-0.25, -0.2) is 4.79 Å². The van der Waals surface area contributed by atoms with E-state index in [0.717, 1.165) is 0 Å². The molecule has 0 aliphatic carbocycles. The van der Waals surface area contributed by atoms with Crippen molar-refractivity contribution in [3.8, 4) is 11.5 Å². The number of nitro groups is 1. The Morgan fingerprint density at radius 3 is 2.55 bits per heavy atom. The highest BCUT2D eigenvalue weighted by atomic mass is 16.6. The summed E-state index contributed by atoms with van der Waals surface area (Å²) in [6.45, 7) is 1.67. The van der Waals surface area contributed by atoms with Gasteiger partial charge in [0.25, 0.3) is 5.69 Å². The number of aryl methyl sites for hydroxylation is 1. The van der Waals surface area contributed by atoms with Crippen molar-refractivity contribution in [2.24, 2.45) is 0 Å². The second-order valence-electron chi connectivity index (χ2n) is 3.98. The maximum atomic E-state index is 11.1. The molecule has 1 aromatic heterocycles. The summed E-state index contributed by atoms with van der Waals surface area (Å²) in [5, 5.41) is 19.6. The SMILES string of the molecule is Cc1cc(C(=O)O)c(Oc2ccc([N+](=O)[O-])cc2)cn1. The van der Waals surface area contributed by atoms with Gasteiger partial charge in [0.2, 0.25) is 0 Å². The van der Waals surface area contributed by atoms with E-state index in [0.29, 0.717) is 11.4 Å². The van der Waals surface area contributed by atoms with E-state index in [1.165, 1.54) is 36.5 Å². The number of pyridine rings is 1. The van der Waals surface area contributed by atoms with E-state index in [1.807, 2.05) is 0 Å². The van der Waals surface area contributed by atoms with Gasteiger partial charge >= 0.3 is 5.97 Å². The molecule has 1 aromatic carbocycles. The first-order valence-corrected chi connectivity index (χ1v) is 5.59. The lowest BCUT2D eigenvalue weighted by Gasteiger charge is -2.08. The second-order valence-corrected chi connectivity index (χ2v) is 3.98. The van der Waals surface area contributed by atoms with Crippen LogP contribution in [0.1, 0.15) is 16.1 Å². The van der Waals surface area contributed by atoms with Crippen LogP contribution in [0, 0.1) is 17.0 Å². The molecule has 1 N–H and O–H groups in total. The zero-order valence-electron chi connectivity index (χ0n) is 10.4. The van der Waals surface area contributed by atoms with Crippen molar-refractivity contribution >= 4 is 11.7 Å². The van der Waals surface area contributed by atoms with Crippen molar-refractivity contribution in [1.29, 1.82) is 0 Å². The maximum Gasteiger partial charge on any atom is 0.339 e. The van der Waals surface area contributed by atoms with Crippen molar-refractivity contribution < 1.29 is 19.6 Å². The molecule has 0 spiro atoms. The van der Waals surface area contributed by atoms with Gasteiger partial charge in [0.05, 0.1) is 11.1 Å². The number of aromatic nitrogens is 1. The van der Waals surface area contributed by atoms with Crippen LogP contribution >= 0.6 is 0 Å². The van der Waals surface area contributed by atoms with Gasteiger partial charge in [0.1, 0.15) is 11.3 Å². The molecule has 0 unspecified atom stereocenters. The summed E-state index contributed by atoms with van der Waals surface area (Å²) in [6, 6.07) is 6.73. The number of benzene rings is 1. The van der Waals surface area contributed by atoms with Gasteiger partial charge in [-0.1, -0.05) is 0 Å². The Morgan fingerprint density at radius 1 is 1.35 bits per heavy atom. The van der Waals surface area contributed by atoms with E-state index in [1.54, 1.807) is 6.92 Å². The molecule has 0 radical (unpaired) electrons. The third-order valence-corrected chi connectivity index (χ3v) is 2.51. The fraction of sp³-hybridized carbons (Fsp3) is 0.0769. The van der Waals surface area contributed by atoms with Crippen LogP contribution in [0.3, 0.4) is 0 Å². The molecule has 0 aliphatic heterocycles. The Kier molecular flexibility index (Phi) is 3.60. The van der Waals surface area contributed by atoms with Crippen LogP contribution < -0.4 is 4.74 Å². The first kappa shape index (κ1) is 13.5. The highest BCUT2D eigenvalue weighted by Gasteiger charge is 2.13. The molecule has 0 amide bonds. The van der Waals surface area contributed by atoms with Crippen LogP contribution in [-0.4, -0.2) is 21.0 Å². The van der Waals surface area contributed by atoms with Gasteiger partial charge in [0, 0.05) is 17.8 Å². The van der Waals surface area contributed by atoms with E-state index in [9.17, 15) is 14.9 Å². The molecular weight excluding hydrogens is 264 g/mol. The fourth-order valence-corrected chi connectivity index (χ4v) is 1.56. The Balaban J connectivity index is 2.30. The third kappa shape index (κ3) is 2.89. The topological polar surface area (TPSA) is 103 Å². The van der Waals surface area contributed by atoms with Crippen molar-refractivity contribution in [2.45, 2.75) is 6.92 Å². The summed E-state index contributed by atoms with van der Waals surface area (Å²) >= 11 is 0. The lowest BCUT2D eigenvalue weighted by molar-refractivity contribution is -0.384. The van der Waals surface area contributed by atoms with Gasteiger partial charge in [-0.3, -0.25) is 15.1 Å². The molecule has 102 valence electrons. The van der Waals surface area contributed by atoms with Gasteiger partial charge in [0.15, 0.2) is 5.75 Å². The second kappa shape index (κ2) is 5.35. The van der Waals surface area contributed by atoms with Crippen LogP contribution in [0.25, 0.3) is 0 Å². The number of carbonyl (C=O) groups is 1. The van der Waals surface area contributed by atoms with Crippen LogP contribution in [0.4, 0.5) is 5.69 Å². The predicted octanol–water partition coefficient (Wildman–Crippen LogP) is 2.79. The minimum Gasteiger partial charge on any atom is -0.478 e. The van der Waals surface area contributed by atoms with E-state index in [2.05, 4.69) is 4.98 Å². The fourth-order valence-electron chi connectivity index (χ4n) is 1.56. The Hall–Kier alpha value is -2.96. The third-order valence-electron chi connectivity index (χ3n) is 2.51. The number of hydrogen-bond donors (Lipinski definition) is 1. The molecule has 1 heterocycles. The van der Waals surface area contributed by atoms with Crippen molar-refractivity contribution in [2.75, 3.05) is 0 Å². The van der Waals surface area contributed by atoms with E-state index < -0.39 is 10.9 Å². The summed E-state index contributed by atoms with van der Waals surface area (Å²) < 4.78 is 5.39.